The molecule has 1 atom stereocenters. The van der Waals surface area contributed by atoms with Crippen molar-refractivity contribution >= 4 is 39.7 Å². The van der Waals surface area contributed by atoms with Gasteiger partial charge in [-0.2, -0.15) is 0 Å². The third-order valence-electron chi connectivity index (χ3n) is 5.31. The van der Waals surface area contributed by atoms with E-state index in [1.54, 1.807) is 0 Å². The Balaban J connectivity index is 0.00000240. The molecule has 3 heteroatoms. The van der Waals surface area contributed by atoms with Crippen molar-refractivity contribution in [1.82, 2.24) is 4.90 Å². The van der Waals surface area contributed by atoms with Crippen LogP contribution in [0, 0.1) is 5.92 Å². The smallest absolute Gasteiger partial charge is 0.167 e. The van der Waals surface area contributed by atoms with E-state index in [9.17, 15) is 4.79 Å². The molecule has 0 saturated carbocycles. The molecular formula is C26H26ClNO. The van der Waals surface area contributed by atoms with Crippen LogP contribution in [-0.4, -0.2) is 31.3 Å². The number of rotatable bonds is 6. The molecule has 0 fully saturated rings. The van der Waals surface area contributed by atoms with Crippen LogP contribution in [0.4, 0.5) is 0 Å². The summed E-state index contributed by atoms with van der Waals surface area (Å²) in [6.45, 7) is 0.737. The monoisotopic (exact) mass is 403 g/mol. The second-order valence-electron chi connectivity index (χ2n) is 7.74. The van der Waals surface area contributed by atoms with Crippen molar-refractivity contribution in [3.05, 3.63) is 96.1 Å². The molecule has 0 aliphatic rings. The summed E-state index contributed by atoms with van der Waals surface area (Å²) in [6.07, 6.45) is 0.755. The van der Waals surface area contributed by atoms with Crippen LogP contribution in [0.15, 0.2) is 84.9 Å². The molecule has 4 aromatic rings. The first kappa shape index (κ1) is 21.0. The van der Waals surface area contributed by atoms with Gasteiger partial charge in [0, 0.05) is 18.0 Å². The van der Waals surface area contributed by atoms with Gasteiger partial charge in [-0.05, 0) is 53.7 Å². The van der Waals surface area contributed by atoms with E-state index in [-0.39, 0.29) is 24.1 Å². The average molecular weight is 404 g/mol. The highest BCUT2D eigenvalue weighted by molar-refractivity contribution is 6.10. The minimum atomic E-state index is -0.0650. The molecule has 0 N–H and O–H groups in total. The van der Waals surface area contributed by atoms with Crippen LogP contribution in [0.25, 0.3) is 21.5 Å². The first-order valence-corrected chi connectivity index (χ1v) is 9.76. The van der Waals surface area contributed by atoms with Crippen LogP contribution in [-0.2, 0) is 6.42 Å². The van der Waals surface area contributed by atoms with Crippen molar-refractivity contribution in [3.8, 4) is 0 Å². The molecule has 4 rings (SSSR count). The van der Waals surface area contributed by atoms with E-state index in [1.165, 1.54) is 21.7 Å². The van der Waals surface area contributed by atoms with E-state index in [4.69, 9.17) is 0 Å². The van der Waals surface area contributed by atoms with Gasteiger partial charge < -0.3 is 4.90 Å². The maximum atomic E-state index is 13.4. The normalized spacial score (nSPS) is 12.1. The zero-order chi connectivity index (χ0) is 19.5. The fraction of sp³-hybridized carbons (Fsp3) is 0.192. The highest BCUT2D eigenvalue weighted by Gasteiger charge is 2.22. The lowest BCUT2D eigenvalue weighted by atomic mass is 9.89. The second-order valence-corrected chi connectivity index (χ2v) is 7.74. The molecule has 148 valence electrons. The van der Waals surface area contributed by atoms with Gasteiger partial charge in [0.05, 0.1) is 0 Å². The summed E-state index contributed by atoms with van der Waals surface area (Å²) in [5, 5.41) is 4.71. The van der Waals surface area contributed by atoms with Crippen LogP contribution in [0.1, 0.15) is 15.9 Å². The van der Waals surface area contributed by atoms with E-state index in [2.05, 4.69) is 65.6 Å². The van der Waals surface area contributed by atoms with Crippen molar-refractivity contribution in [2.75, 3.05) is 20.6 Å². The molecule has 0 aliphatic carbocycles. The van der Waals surface area contributed by atoms with Crippen LogP contribution in [0.5, 0.6) is 0 Å². The first-order valence-electron chi connectivity index (χ1n) is 9.76. The Labute approximate surface area is 178 Å². The van der Waals surface area contributed by atoms with Gasteiger partial charge in [-0.1, -0.05) is 78.9 Å². The van der Waals surface area contributed by atoms with Gasteiger partial charge in [0.1, 0.15) is 0 Å². The Kier molecular flexibility index (Phi) is 6.68. The fourth-order valence-electron chi connectivity index (χ4n) is 3.97. The summed E-state index contributed by atoms with van der Waals surface area (Å²) >= 11 is 0. The number of carbonyl (C=O) groups excluding carboxylic acids is 1. The summed E-state index contributed by atoms with van der Waals surface area (Å²) in [7, 11) is 4.05. The van der Waals surface area contributed by atoms with Crippen molar-refractivity contribution < 1.29 is 4.79 Å². The molecule has 0 amide bonds. The summed E-state index contributed by atoms with van der Waals surface area (Å²) in [4.78, 5) is 15.5. The van der Waals surface area contributed by atoms with Gasteiger partial charge in [0.15, 0.2) is 5.78 Å². The summed E-state index contributed by atoms with van der Waals surface area (Å²) < 4.78 is 0. The quantitative estimate of drug-likeness (QED) is 0.290. The molecule has 2 nitrogen and oxygen atoms in total. The molecule has 0 aromatic heterocycles. The van der Waals surface area contributed by atoms with Crippen LogP contribution < -0.4 is 0 Å². The first-order chi connectivity index (χ1) is 13.6. The topological polar surface area (TPSA) is 20.3 Å². The Bertz CT molecular complexity index is 1120. The molecule has 0 saturated heterocycles. The Morgan fingerprint density at radius 2 is 1.41 bits per heavy atom. The van der Waals surface area contributed by atoms with E-state index in [0.717, 1.165) is 23.9 Å². The minimum Gasteiger partial charge on any atom is -0.309 e. The number of nitrogens with zero attached hydrogens (tertiary/aromatic N) is 1. The third kappa shape index (κ3) is 4.67. The number of carbonyl (C=O) groups is 1. The van der Waals surface area contributed by atoms with E-state index in [1.807, 2.05) is 38.4 Å². The summed E-state index contributed by atoms with van der Waals surface area (Å²) in [5.74, 6) is 0.150. The average Bonchev–Trinajstić information content (AvgIpc) is 2.72. The van der Waals surface area contributed by atoms with Gasteiger partial charge in [0.25, 0.3) is 0 Å². The van der Waals surface area contributed by atoms with Gasteiger partial charge in [0.2, 0.25) is 0 Å². The lowest BCUT2D eigenvalue weighted by Gasteiger charge is -2.20. The fourth-order valence-corrected chi connectivity index (χ4v) is 3.97. The standard InChI is InChI=1S/C26H25NO.ClH/c1-27(2)18-23(16-19-8-4-3-5-9-19)26(28)22-15-14-21-13-12-20-10-6-7-11-24(20)25(21)17-22;/h3-15,17,23H,16,18H2,1-2H3;1H. The maximum absolute atomic E-state index is 13.4. The number of hydrogen-bond donors (Lipinski definition) is 0. The SMILES string of the molecule is CN(C)CC(Cc1ccccc1)C(=O)c1ccc2ccc3ccccc3c2c1.Cl. The molecule has 4 aromatic carbocycles. The lowest BCUT2D eigenvalue weighted by Crippen LogP contribution is -2.29. The van der Waals surface area contributed by atoms with Gasteiger partial charge in [-0.3, -0.25) is 4.79 Å². The largest absolute Gasteiger partial charge is 0.309 e. The molecule has 29 heavy (non-hydrogen) atoms. The number of halogens is 1. The second kappa shape index (κ2) is 9.21. The molecule has 0 spiro atoms. The van der Waals surface area contributed by atoms with Gasteiger partial charge in [-0.25, -0.2) is 0 Å². The van der Waals surface area contributed by atoms with Crippen molar-refractivity contribution in [1.29, 1.82) is 0 Å². The van der Waals surface area contributed by atoms with E-state index in [0.29, 0.717) is 0 Å². The number of Topliss-reactive ketones (excluding diaryl/α,β-unsaturated/α-hetero) is 1. The highest BCUT2D eigenvalue weighted by Crippen LogP contribution is 2.27. The van der Waals surface area contributed by atoms with Gasteiger partial charge in [-0.15, -0.1) is 12.4 Å². The predicted octanol–water partition coefficient (Wildman–Crippen LogP) is 6.02. The number of ketones is 1. The highest BCUT2D eigenvalue weighted by atomic mass is 35.5. The Morgan fingerprint density at radius 3 is 2.14 bits per heavy atom. The third-order valence-corrected chi connectivity index (χ3v) is 5.31. The predicted molar refractivity (Wildman–Crippen MR) is 125 cm³/mol. The van der Waals surface area contributed by atoms with Crippen molar-refractivity contribution in [3.63, 3.8) is 0 Å². The molecule has 0 heterocycles. The van der Waals surface area contributed by atoms with Crippen molar-refractivity contribution in [2.45, 2.75) is 6.42 Å². The number of benzene rings is 4. The Hall–Kier alpha value is -2.68. The zero-order valence-corrected chi connectivity index (χ0v) is 17.7. The zero-order valence-electron chi connectivity index (χ0n) is 16.8. The van der Waals surface area contributed by atoms with E-state index >= 15 is 0 Å². The van der Waals surface area contributed by atoms with Gasteiger partial charge >= 0.3 is 0 Å². The summed E-state index contributed by atoms with van der Waals surface area (Å²) in [6, 6.07) is 29.1. The summed E-state index contributed by atoms with van der Waals surface area (Å²) in [5.41, 5.74) is 2.00. The number of hydrogen-bond acceptors (Lipinski definition) is 2. The molecule has 0 bridgehead atoms. The minimum absolute atomic E-state index is 0. The molecule has 1 unspecified atom stereocenters. The maximum Gasteiger partial charge on any atom is 0.167 e. The molecule has 0 radical (unpaired) electrons. The van der Waals surface area contributed by atoms with Crippen LogP contribution >= 0.6 is 12.4 Å². The van der Waals surface area contributed by atoms with Crippen molar-refractivity contribution in [2.24, 2.45) is 5.92 Å². The van der Waals surface area contributed by atoms with Crippen LogP contribution in [0.2, 0.25) is 0 Å². The number of fused-ring (bicyclic) bond motifs is 3. The van der Waals surface area contributed by atoms with Crippen LogP contribution in [0.3, 0.4) is 0 Å². The van der Waals surface area contributed by atoms with E-state index < -0.39 is 0 Å². The lowest BCUT2D eigenvalue weighted by molar-refractivity contribution is 0.0897. The molecular weight excluding hydrogens is 378 g/mol. The molecule has 0 aliphatic heterocycles. The Morgan fingerprint density at radius 1 is 0.793 bits per heavy atom.